The largest absolute Gasteiger partial charge is 0.320 e. The third-order valence-electron chi connectivity index (χ3n) is 5.00. The summed E-state index contributed by atoms with van der Waals surface area (Å²) in [6.45, 7) is 0. The Hall–Kier alpha value is -3.62. The van der Waals surface area contributed by atoms with Crippen LogP contribution in [0, 0.1) is 11.6 Å². The molecule has 1 N–H and O–H groups in total. The number of hydrogen-bond acceptors (Lipinski definition) is 4. The van der Waals surface area contributed by atoms with Crippen LogP contribution in [0.3, 0.4) is 0 Å². The summed E-state index contributed by atoms with van der Waals surface area (Å²) in [4.78, 5) is 33.9. The van der Waals surface area contributed by atoms with E-state index in [-0.39, 0.29) is 17.3 Å². The molecule has 2 amide bonds. The van der Waals surface area contributed by atoms with Crippen LogP contribution in [-0.4, -0.2) is 26.3 Å². The minimum Gasteiger partial charge on any atom is -0.320 e. The summed E-state index contributed by atoms with van der Waals surface area (Å²) in [5.41, 5.74) is -1.25. The zero-order valence-corrected chi connectivity index (χ0v) is 14.4. The lowest BCUT2D eigenvalue weighted by Gasteiger charge is -2.18. The van der Waals surface area contributed by atoms with Crippen LogP contribution < -0.4 is 10.2 Å². The van der Waals surface area contributed by atoms with Gasteiger partial charge in [-0.15, -0.1) is 0 Å². The van der Waals surface area contributed by atoms with Crippen LogP contribution in [-0.2, 0) is 10.3 Å². The normalized spacial score (nSPS) is 16.4. The number of pyridine rings is 1. The van der Waals surface area contributed by atoms with Crippen molar-refractivity contribution < 1.29 is 18.4 Å². The third-order valence-corrected chi connectivity index (χ3v) is 5.00. The lowest BCUT2D eigenvalue weighted by atomic mass is 10.2. The number of imidazole rings is 1. The van der Waals surface area contributed by atoms with E-state index in [0.717, 1.165) is 17.0 Å². The first-order valence-corrected chi connectivity index (χ1v) is 8.61. The number of rotatable bonds is 3. The summed E-state index contributed by atoms with van der Waals surface area (Å²) in [7, 11) is 0. The molecule has 1 aliphatic heterocycles. The average Bonchev–Trinajstić information content (AvgIpc) is 3.29. The van der Waals surface area contributed by atoms with Gasteiger partial charge in [-0.1, -0.05) is 6.07 Å². The van der Waals surface area contributed by atoms with E-state index in [0.29, 0.717) is 12.8 Å². The number of carbonyl (C=O) groups excluding carboxylic acids is 2. The molecule has 3 aromatic rings. The summed E-state index contributed by atoms with van der Waals surface area (Å²) in [5.74, 6) is -2.77. The van der Waals surface area contributed by atoms with Crippen LogP contribution in [0.15, 0.2) is 48.9 Å². The molecule has 1 spiro atoms. The van der Waals surface area contributed by atoms with Crippen LogP contribution >= 0.6 is 0 Å². The molecule has 1 aromatic carbocycles. The van der Waals surface area contributed by atoms with E-state index in [4.69, 9.17) is 0 Å². The number of fused-ring (bicyclic) bond motifs is 2. The molecule has 3 heterocycles. The van der Waals surface area contributed by atoms with Gasteiger partial charge in [-0.2, -0.15) is 0 Å². The second kappa shape index (κ2) is 5.69. The maximum absolute atomic E-state index is 14.8. The Bertz CT molecular complexity index is 1100. The van der Waals surface area contributed by atoms with E-state index in [1.165, 1.54) is 18.5 Å². The van der Waals surface area contributed by atoms with Gasteiger partial charge in [-0.05, 0) is 37.1 Å². The number of carbonyl (C=O) groups is 2. The number of benzene rings is 1. The maximum Gasteiger partial charge on any atom is 0.274 e. The minimum absolute atomic E-state index is 0.0782. The van der Waals surface area contributed by atoms with E-state index in [1.54, 1.807) is 22.9 Å². The van der Waals surface area contributed by atoms with Crippen molar-refractivity contribution in [3.05, 3.63) is 66.3 Å². The monoisotopic (exact) mass is 381 g/mol. The van der Waals surface area contributed by atoms with Crippen LogP contribution in [0.5, 0.6) is 0 Å². The maximum atomic E-state index is 14.8. The average molecular weight is 381 g/mol. The first-order valence-electron chi connectivity index (χ1n) is 8.61. The van der Waals surface area contributed by atoms with E-state index in [2.05, 4.69) is 15.3 Å². The van der Waals surface area contributed by atoms with Crippen molar-refractivity contribution in [3.8, 4) is 0 Å². The number of nitrogens with zero attached hydrogens (tertiary/aromatic N) is 4. The van der Waals surface area contributed by atoms with Crippen molar-refractivity contribution in [1.29, 1.82) is 0 Å². The molecular weight excluding hydrogens is 368 g/mol. The van der Waals surface area contributed by atoms with E-state index < -0.39 is 34.7 Å². The van der Waals surface area contributed by atoms with Gasteiger partial charge in [-0.25, -0.2) is 18.7 Å². The Labute approximate surface area is 157 Å². The fraction of sp³-hybridized carbons (Fsp3) is 0.158. The molecule has 0 atom stereocenters. The number of anilines is 3. The molecule has 2 aliphatic rings. The van der Waals surface area contributed by atoms with Crippen molar-refractivity contribution in [2.45, 2.75) is 18.4 Å². The highest BCUT2D eigenvalue weighted by Crippen LogP contribution is 2.54. The molecule has 0 unspecified atom stereocenters. The summed E-state index contributed by atoms with van der Waals surface area (Å²) in [6, 6.07) is 6.69. The smallest absolute Gasteiger partial charge is 0.274 e. The minimum atomic E-state index is -0.975. The number of nitrogens with one attached hydrogen (secondary N) is 1. The molecular formula is C19H13F2N5O2. The molecule has 1 saturated carbocycles. The van der Waals surface area contributed by atoms with Gasteiger partial charge < -0.3 is 9.88 Å². The number of amides is 2. The standard InChI is InChI=1S/C19H13F2N5O2/c20-12-9-11(24-16(27)14-3-1-2-6-22-14)10-13(21)15(12)26-17(28)19(4-5-19)25-8-7-23-18(25)26/h1-3,6-10H,4-5H2,(H,24,27). The predicted molar refractivity (Wildman–Crippen MR) is 95.1 cm³/mol. The first kappa shape index (κ1) is 16.5. The van der Waals surface area contributed by atoms with Crippen molar-refractivity contribution in [3.63, 3.8) is 0 Å². The Kier molecular flexibility index (Phi) is 3.36. The molecule has 7 nitrogen and oxygen atoms in total. The third kappa shape index (κ3) is 2.25. The SMILES string of the molecule is O=C(Nc1cc(F)c(N2C(=O)C3(CC3)n3ccnc32)c(F)c1)c1ccccn1. The van der Waals surface area contributed by atoms with Gasteiger partial charge in [0.25, 0.3) is 11.8 Å². The van der Waals surface area contributed by atoms with Gasteiger partial charge in [0, 0.05) is 24.3 Å². The summed E-state index contributed by atoms with van der Waals surface area (Å²) < 4.78 is 31.3. The molecule has 28 heavy (non-hydrogen) atoms. The topological polar surface area (TPSA) is 80.1 Å². The highest BCUT2D eigenvalue weighted by molar-refractivity contribution is 6.09. The van der Waals surface area contributed by atoms with Gasteiger partial charge in [0.2, 0.25) is 5.95 Å². The first-order chi connectivity index (χ1) is 13.5. The van der Waals surface area contributed by atoms with E-state index in [9.17, 15) is 18.4 Å². The molecule has 0 saturated heterocycles. The quantitative estimate of drug-likeness (QED) is 0.756. The molecule has 1 aliphatic carbocycles. The van der Waals surface area contributed by atoms with Crippen molar-refractivity contribution in [2.24, 2.45) is 0 Å². The fourth-order valence-corrected chi connectivity index (χ4v) is 3.52. The predicted octanol–water partition coefficient (Wildman–Crippen LogP) is 2.98. The van der Waals surface area contributed by atoms with Gasteiger partial charge in [0.05, 0.1) is 0 Å². The molecule has 0 bridgehead atoms. The van der Waals surface area contributed by atoms with Crippen molar-refractivity contribution in [2.75, 3.05) is 10.2 Å². The summed E-state index contributed by atoms with van der Waals surface area (Å²) in [6.07, 6.45) is 5.78. The van der Waals surface area contributed by atoms with Crippen LogP contribution in [0.1, 0.15) is 23.3 Å². The Balaban J connectivity index is 1.50. The molecule has 2 aromatic heterocycles. The number of hydrogen-bond donors (Lipinski definition) is 1. The Morgan fingerprint density at radius 2 is 1.86 bits per heavy atom. The zero-order valence-electron chi connectivity index (χ0n) is 14.4. The Morgan fingerprint density at radius 1 is 1.11 bits per heavy atom. The van der Waals surface area contributed by atoms with Gasteiger partial charge in [0.15, 0.2) is 11.6 Å². The van der Waals surface area contributed by atoms with Crippen LogP contribution in [0.25, 0.3) is 0 Å². The van der Waals surface area contributed by atoms with Gasteiger partial charge >= 0.3 is 0 Å². The van der Waals surface area contributed by atoms with Gasteiger partial charge in [0.1, 0.15) is 16.9 Å². The summed E-state index contributed by atoms with van der Waals surface area (Å²) >= 11 is 0. The highest BCUT2D eigenvalue weighted by atomic mass is 19.1. The lowest BCUT2D eigenvalue weighted by Crippen LogP contribution is -2.31. The molecule has 0 radical (unpaired) electrons. The summed E-state index contributed by atoms with van der Waals surface area (Å²) in [5, 5.41) is 2.41. The second-order valence-electron chi connectivity index (χ2n) is 6.73. The van der Waals surface area contributed by atoms with E-state index in [1.807, 2.05) is 0 Å². The number of halogens is 2. The van der Waals surface area contributed by atoms with E-state index >= 15 is 0 Å². The zero-order chi connectivity index (χ0) is 19.5. The second-order valence-corrected chi connectivity index (χ2v) is 6.73. The van der Waals surface area contributed by atoms with Crippen LogP contribution in [0.2, 0.25) is 0 Å². The van der Waals surface area contributed by atoms with Crippen LogP contribution in [0.4, 0.5) is 26.1 Å². The fourth-order valence-electron chi connectivity index (χ4n) is 3.52. The number of aromatic nitrogens is 3. The lowest BCUT2D eigenvalue weighted by molar-refractivity contribution is -0.120. The highest BCUT2D eigenvalue weighted by Gasteiger charge is 2.60. The molecule has 9 heteroatoms. The van der Waals surface area contributed by atoms with Crippen molar-refractivity contribution >= 4 is 29.1 Å². The molecule has 5 rings (SSSR count). The molecule has 1 fully saturated rings. The Morgan fingerprint density at radius 3 is 2.50 bits per heavy atom. The van der Waals surface area contributed by atoms with Crippen molar-refractivity contribution in [1.82, 2.24) is 14.5 Å². The van der Waals surface area contributed by atoms with Gasteiger partial charge in [-0.3, -0.25) is 14.6 Å². The molecule has 140 valence electrons.